The van der Waals surface area contributed by atoms with Crippen molar-refractivity contribution in [1.29, 1.82) is 0 Å². The molecule has 0 spiro atoms. The SMILES string of the molecule is CCCCCC(C)NCc1coc(-c2cccc3ccccc23)n1. The van der Waals surface area contributed by atoms with Gasteiger partial charge >= 0.3 is 0 Å². The van der Waals surface area contributed by atoms with Crippen molar-refractivity contribution in [3.8, 4) is 11.5 Å². The molecule has 3 aromatic rings. The van der Waals surface area contributed by atoms with Gasteiger partial charge in [0.15, 0.2) is 0 Å². The number of unbranched alkanes of at least 4 members (excludes halogenated alkanes) is 2. The Morgan fingerprint density at radius 2 is 1.92 bits per heavy atom. The first-order valence-corrected chi connectivity index (χ1v) is 8.94. The molecule has 3 heteroatoms. The van der Waals surface area contributed by atoms with Gasteiger partial charge in [-0.05, 0) is 30.2 Å². The monoisotopic (exact) mass is 322 g/mol. The number of nitrogens with zero attached hydrogens (tertiary/aromatic N) is 1. The maximum Gasteiger partial charge on any atom is 0.226 e. The number of hydrogen-bond acceptors (Lipinski definition) is 3. The van der Waals surface area contributed by atoms with E-state index in [1.807, 2.05) is 0 Å². The van der Waals surface area contributed by atoms with Crippen LogP contribution in [0.25, 0.3) is 22.2 Å². The largest absolute Gasteiger partial charge is 0.444 e. The van der Waals surface area contributed by atoms with Crippen LogP contribution in [0.5, 0.6) is 0 Å². The topological polar surface area (TPSA) is 38.1 Å². The number of fused-ring (bicyclic) bond motifs is 1. The Kier molecular flexibility index (Phi) is 5.65. The highest BCUT2D eigenvalue weighted by molar-refractivity contribution is 5.94. The molecule has 3 rings (SSSR count). The molecule has 0 amide bonds. The van der Waals surface area contributed by atoms with E-state index in [9.17, 15) is 0 Å². The minimum atomic E-state index is 0.509. The van der Waals surface area contributed by atoms with Crippen molar-refractivity contribution in [2.75, 3.05) is 0 Å². The molecule has 1 atom stereocenters. The summed E-state index contributed by atoms with van der Waals surface area (Å²) in [6.45, 7) is 5.23. The van der Waals surface area contributed by atoms with Gasteiger partial charge in [-0.3, -0.25) is 0 Å². The molecule has 126 valence electrons. The Morgan fingerprint density at radius 1 is 1.08 bits per heavy atom. The van der Waals surface area contributed by atoms with Crippen LogP contribution in [0.2, 0.25) is 0 Å². The minimum absolute atomic E-state index is 0.509. The summed E-state index contributed by atoms with van der Waals surface area (Å²) >= 11 is 0. The molecule has 1 aromatic heterocycles. The molecule has 1 N–H and O–H groups in total. The third-order valence-corrected chi connectivity index (χ3v) is 4.44. The van der Waals surface area contributed by atoms with E-state index in [-0.39, 0.29) is 0 Å². The van der Waals surface area contributed by atoms with E-state index in [1.165, 1.54) is 36.5 Å². The first-order valence-electron chi connectivity index (χ1n) is 8.94. The van der Waals surface area contributed by atoms with Crippen LogP contribution >= 0.6 is 0 Å². The van der Waals surface area contributed by atoms with E-state index in [0.29, 0.717) is 11.9 Å². The minimum Gasteiger partial charge on any atom is -0.444 e. The Balaban J connectivity index is 1.67. The van der Waals surface area contributed by atoms with E-state index in [0.717, 1.165) is 17.8 Å². The van der Waals surface area contributed by atoms with Crippen molar-refractivity contribution in [2.24, 2.45) is 0 Å². The number of nitrogens with one attached hydrogen (secondary N) is 1. The third-order valence-electron chi connectivity index (χ3n) is 4.44. The highest BCUT2D eigenvalue weighted by atomic mass is 16.3. The maximum absolute atomic E-state index is 5.74. The Bertz CT molecular complexity index is 773. The lowest BCUT2D eigenvalue weighted by Gasteiger charge is -2.11. The summed E-state index contributed by atoms with van der Waals surface area (Å²) in [6, 6.07) is 15.1. The standard InChI is InChI=1S/C21H26N2O/c1-3-4-5-9-16(2)22-14-18-15-24-21(23-18)20-13-8-11-17-10-6-7-12-19(17)20/h6-8,10-13,15-16,22H,3-5,9,14H2,1-2H3. The average molecular weight is 322 g/mol. The lowest BCUT2D eigenvalue weighted by Crippen LogP contribution is -2.25. The molecule has 2 aromatic carbocycles. The van der Waals surface area contributed by atoms with Crippen LogP contribution in [0.3, 0.4) is 0 Å². The first-order chi connectivity index (χ1) is 11.8. The second-order valence-electron chi connectivity index (χ2n) is 6.45. The summed E-state index contributed by atoms with van der Waals surface area (Å²) < 4.78 is 5.74. The smallest absolute Gasteiger partial charge is 0.226 e. The van der Waals surface area contributed by atoms with Crippen LogP contribution < -0.4 is 5.32 Å². The summed E-state index contributed by atoms with van der Waals surface area (Å²) in [5.74, 6) is 0.697. The van der Waals surface area contributed by atoms with Crippen molar-refractivity contribution < 1.29 is 4.42 Å². The van der Waals surface area contributed by atoms with Gasteiger partial charge in [0.1, 0.15) is 6.26 Å². The molecule has 0 aliphatic heterocycles. The molecule has 0 saturated carbocycles. The van der Waals surface area contributed by atoms with Crippen molar-refractivity contribution in [3.05, 3.63) is 54.4 Å². The van der Waals surface area contributed by atoms with Crippen molar-refractivity contribution in [3.63, 3.8) is 0 Å². The Morgan fingerprint density at radius 3 is 2.79 bits per heavy atom. The molecule has 0 aliphatic rings. The van der Waals surface area contributed by atoms with E-state index in [4.69, 9.17) is 4.42 Å². The average Bonchev–Trinajstić information content (AvgIpc) is 3.08. The Hall–Kier alpha value is -2.13. The van der Waals surface area contributed by atoms with E-state index in [1.54, 1.807) is 6.26 Å². The zero-order chi connectivity index (χ0) is 16.8. The summed E-state index contributed by atoms with van der Waals surface area (Å²) in [6.07, 6.45) is 6.83. The van der Waals surface area contributed by atoms with Crippen molar-refractivity contribution in [1.82, 2.24) is 10.3 Å². The van der Waals surface area contributed by atoms with Crippen molar-refractivity contribution in [2.45, 2.75) is 52.1 Å². The number of benzene rings is 2. The number of rotatable bonds is 8. The number of aromatic nitrogens is 1. The van der Waals surface area contributed by atoms with E-state index < -0.39 is 0 Å². The Labute approximate surface area is 144 Å². The fourth-order valence-corrected chi connectivity index (χ4v) is 3.01. The zero-order valence-electron chi connectivity index (χ0n) is 14.6. The molecular formula is C21H26N2O. The van der Waals surface area contributed by atoms with Gasteiger partial charge in [-0.25, -0.2) is 4.98 Å². The van der Waals surface area contributed by atoms with E-state index >= 15 is 0 Å². The highest BCUT2D eigenvalue weighted by Gasteiger charge is 2.10. The summed E-state index contributed by atoms with van der Waals surface area (Å²) in [5, 5.41) is 5.92. The van der Waals surface area contributed by atoms with Gasteiger partial charge in [-0.2, -0.15) is 0 Å². The second-order valence-corrected chi connectivity index (χ2v) is 6.45. The summed E-state index contributed by atoms with van der Waals surface area (Å²) in [7, 11) is 0. The molecule has 0 radical (unpaired) electrons. The van der Waals surface area contributed by atoms with Crippen LogP contribution in [0.1, 0.15) is 45.2 Å². The maximum atomic E-state index is 5.74. The quantitative estimate of drug-likeness (QED) is 0.552. The van der Waals surface area contributed by atoms with Gasteiger partial charge in [0.25, 0.3) is 0 Å². The normalized spacial score (nSPS) is 12.6. The predicted molar refractivity (Wildman–Crippen MR) is 99.9 cm³/mol. The van der Waals surface area contributed by atoms with Crippen LogP contribution in [0, 0.1) is 0 Å². The second kappa shape index (κ2) is 8.11. The van der Waals surface area contributed by atoms with Crippen molar-refractivity contribution >= 4 is 10.8 Å². The van der Waals surface area contributed by atoms with Gasteiger partial charge in [-0.1, -0.05) is 62.6 Å². The zero-order valence-corrected chi connectivity index (χ0v) is 14.6. The van der Waals surface area contributed by atoms with Gasteiger partial charge in [0.05, 0.1) is 5.69 Å². The molecule has 0 saturated heterocycles. The lowest BCUT2D eigenvalue weighted by molar-refractivity contribution is 0.483. The molecule has 3 nitrogen and oxygen atoms in total. The van der Waals surface area contributed by atoms with Gasteiger partial charge in [0, 0.05) is 18.2 Å². The fraction of sp³-hybridized carbons (Fsp3) is 0.381. The fourth-order valence-electron chi connectivity index (χ4n) is 3.01. The first kappa shape index (κ1) is 16.7. The predicted octanol–water partition coefficient (Wildman–Crippen LogP) is 5.55. The molecular weight excluding hydrogens is 296 g/mol. The molecule has 24 heavy (non-hydrogen) atoms. The van der Waals surface area contributed by atoms with Crippen LogP contribution in [-0.2, 0) is 6.54 Å². The summed E-state index contributed by atoms with van der Waals surface area (Å²) in [5.41, 5.74) is 2.01. The number of oxazole rings is 1. The van der Waals surface area contributed by atoms with Crippen LogP contribution in [0.4, 0.5) is 0 Å². The van der Waals surface area contributed by atoms with E-state index in [2.05, 4.69) is 66.6 Å². The lowest BCUT2D eigenvalue weighted by atomic mass is 10.0. The molecule has 1 unspecified atom stereocenters. The highest BCUT2D eigenvalue weighted by Crippen LogP contribution is 2.27. The van der Waals surface area contributed by atoms with Gasteiger partial charge < -0.3 is 9.73 Å². The van der Waals surface area contributed by atoms with Crippen LogP contribution in [0.15, 0.2) is 53.1 Å². The van der Waals surface area contributed by atoms with Crippen LogP contribution in [-0.4, -0.2) is 11.0 Å². The third kappa shape index (κ3) is 4.04. The summed E-state index contributed by atoms with van der Waals surface area (Å²) in [4.78, 5) is 4.67. The van der Waals surface area contributed by atoms with Gasteiger partial charge in [-0.15, -0.1) is 0 Å². The number of hydrogen-bond donors (Lipinski definition) is 1. The molecule has 0 bridgehead atoms. The van der Waals surface area contributed by atoms with Gasteiger partial charge in [0.2, 0.25) is 5.89 Å². The molecule has 0 fully saturated rings. The molecule has 0 aliphatic carbocycles. The molecule has 1 heterocycles.